The maximum atomic E-state index is 11.7. The van der Waals surface area contributed by atoms with E-state index in [0.29, 0.717) is 37.6 Å². The largest absolute Gasteiger partial charge is 0.493 e. The average Bonchev–Trinajstić information content (AvgIpc) is 2.88. The van der Waals surface area contributed by atoms with Crippen LogP contribution in [0, 0.1) is 0 Å². The van der Waals surface area contributed by atoms with Gasteiger partial charge in [0.2, 0.25) is 0 Å². The van der Waals surface area contributed by atoms with Gasteiger partial charge in [-0.15, -0.1) is 0 Å². The topological polar surface area (TPSA) is 74.2 Å². The molecule has 0 fully saturated rings. The Kier molecular flexibility index (Phi) is 8.93. The van der Waals surface area contributed by atoms with Crippen molar-refractivity contribution in [2.45, 2.75) is 31.8 Å². The molecule has 0 aromatic heterocycles. The van der Waals surface area contributed by atoms with Crippen LogP contribution >= 0.6 is 0 Å². The molecule has 1 unspecified atom stereocenters. The Balaban J connectivity index is 1.49. The van der Waals surface area contributed by atoms with E-state index in [4.69, 9.17) is 18.9 Å². The second-order valence-corrected chi connectivity index (χ2v) is 7.96. The summed E-state index contributed by atoms with van der Waals surface area (Å²) in [4.78, 5) is 11.7. The number of carboxylic acids is 1. The van der Waals surface area contributed by atoms with Crippen LogP contribution < -0.4 is 14.2 Å². The summed E-state index contributed by atoms with van der Waals surface area (Å²) in [7, 11) is 2.99. The number of benzene rings is 3. The quantitative estimate of drug-likeness (QED) is 0.330. The summed E-state index contributed by atoms with van der Waals surface area (Å²) in [6.45, 7) is 2.78. The van der Waals surface area contributed by atoms with Crippen molar-refractivity contribution in [3.05, 3.63) is 78.4 Å². The highest BCUT2D eigenvalue weighted by Gasteiger charge is 2.37. The fraction of sp³-hybridized carbons (Fsp3) is 0.321. The van der Waals surface area contributed by atoms with Crippen molar-refractivity contribution in [3.63, 3.8) is 0 Å². The van der Waals surface area contributed by atoms with Crippen LogP contribution in [-0.4, -0.2) is 44.1 Å². The lowest BCUT2D eigenvalue weighted by molar-refractivity contribution is -0.162. The number of methoxy groups -OCH3 is 2. The minimum Gasteiger partial charge on any atom is -0.493 e. The van der Waals surface area contributed by atoms with Gasteiger partial charge in [-0.05, 0) is 47.4 Å². The highest BCUT2D eigenvalue weighted by atomic mass is 16.5. The molecule has 0 aliphatic heterocycles. The molecule has 0 radical (unpaired) electrons. The molecule has 3 rings (SSSR count). The maximum absolute atomic E-state index is 11.7. The molecular weight excluding hydrogens is 432 g/mol. The van der Waals surface area contributed by atoms with E-state index in [1.165, 1.54) is 12.7 Å². The van der Waals surface area contributed by atoms with Crippen molar-refractivity contribution in [1.82, 2.24) is 0 Å². The summed E-state index contributed by atoms with van der Waals surface area (Å²) in [5.74, 6) is 0.999. The molecule has 34 heavy (non-hydrogen) atoms. The van der Waals surface area contributed by atoms with Gasteiger partial charge in [-0.2, -0.15) is 0 Å². The molecule has 0 bridgehead atoms. The van der Waals surface area contributed by atoms with Crippen LogP contribution in [0.2, 0.25) is 0 Å². The second-order valence-electron chi connectivity index (χ2n) is 7.96. The standard InChI is InChI=1S/C28H32O6/c1-4-28(32-3,27(29)30)20-21-11-16-25(26(19-21)31-2)34-18-8-17-33-24-14-12-23(13-15-24)22-9-6-5-7-10-22/h5-7,9-16,19H,4,8,17-18,20H2,1-3H3,(H,29,30). The van der Waals surface area contributed by atoms with Gasteiger partial charge in [0, 0.05) is 20.0 Å². The van der Waals surface area contributed by atoms with Crippen LogP contribution in [-0.2, 0) is 16.0 Å². The van der Waals surface area contributed by atoms with Crippen molar-refractivity contribution >= 4 is 5.97 Å². The molecule has 0 saturated heterocycles. The summed E-state index contributed by atoms with van der Waals surface area (Å²) in [6.07, 6.45) is 1.30. The molecule has 0 spiro atoms. The number of carboxylic acid groups (broad SMARTS) is 1. The van der Waals surface area contributed by atoms with Gasteiger partial charge in [-0.1, -0.05) is 55.5 Å². The molecule has 0 amide bonds. The Bertz CT molecular complexity index is 1040. The van der Waals surface area contributed by atoms with Crippen LogP contribution in [0.4, 0.5) is 0 Å². The van der Waals surface area contributed by atoms with Crippen LogP contribution in [0.1, 0.15) is 25.3 Å². The van der Waals surface area contributed by atoms with Crippen molar-refractivity contribution in [1.29, 1.82) is 0 Å². The van der Waals surface area contributed by atoms with E-state index in [1.54, 1.807) is 26.2 Å². The Morgan fingerprint density at radius 2 is 1.53 bits per heavy atom. The minimum absolute atomic E-state index is 0.239. The molecule has 0 aliphatic rings. The van der Waals surface area contributed by atoms with Crippen LogP contribution in [0.3, 0.4) is 0 Å². The molecule has 1 atom stereocenters. The number of hydrogen-bond donors (Lipinski definition) is 1. The number of aliphatic carboxylic acids is 1. The lowest BCUT2D eigenvalue weighted by atomic mass is 9.91. The number of carbonyl (C=O) groups is 1. The first-order chi connectivity index (χ1) is 16.5. The summed E-state index contributed by atoms with van der Waals surface area (Å²) in [6, 6.07) is 23.7. The first-order valence-corrected chi connectivity index (χ1v) is 11.4. The molecule has 6 nitrogen and oxygen atoms in total. The zero-order valence-corrected chi connectivity index (χ0v) is 20.0. The van der Waals surface area contributed by atoms with Gasteiger partial charge in [-0.3, -0.25) is 0 Å². The van der Waals surface area contributed by atoms with Crippen LogP contribution in [0.15, 0.2) is 72.8 Å². The smallest absolute Gasteiger partial charge is 0.336 e. The normalized spacial score (nSPS) is 12.6. The third-order valence-electron chi connectivity index (χ3n) is 5.85. The van der Waals surface area contributed by atoms with E-state index in [1.807, 2.05) is 36.4 Å². The number of hydrogen-bond acceptors (Lipinski definition) is 5. The van der Waals surface area contributed by atoms with E-state index in [-0.39, 0.29) is 6.42 Å². The molecule has 180 valence electrons. The van der Waals surface area contributed by atoms with Crippen molar-refractivity contribution in [2.24, 2.45) is 0 Å². The Morgan fingerprint density at radius 3 is 2.15 bits per heavy atom. The van der Waals surface area contributed by atoms with Gasteiger partial charge < -0.3 is 24.1 Å². The molecule has 6 heteroatoms. The van der Waals surface area contributed by atoms with Gasteiger partial charge >= 0.3 is 5.97 Å². The molecule has 1 N–H and O–H groups in total. The number of rotatable bonds is 13. The van der Waals surface area contributed by atoms with Gasteiger partial charge in [0.1, 0.15) is 5.75 Å². The van der Waals surface area contributed by atoms with E-state index in [0.717, 1.165) is 16.9 Å². The molecule has 0 saturated carbocycles. The van der Waals surface area contributed by atoms with Gasteiger partial charge in [0.05, 0.1) is 20.3 Å². The Morgan fingerprint density at radius 1 is 0.853 bits per heavy atom. The van der Waals surface area contributed by atoms with Gasteiger partial charge in [-0.25, -0.2) is 4.79 Å². The summed E-state index contributed by atoms with van der Waals surface area (Å²) >= 11 is 0. The van der Waals surface area contributed by atoms with E-state index in [9.17, 15) is 9.90 Å². The third-order valence-corrected chi connectivity index (χ3v) is 5.85. The monoisotopic (exact) mass is 464 g/mol. The lowest BCUT2D eigenvalue weighted by Gasteiger charge is -2.27. The van der Waals surface area contributed by atoms with Crippen LogP contribution in [0.5, 0.6) is 17.2 Å². The zero-order valence-electron chi connectivity index (χ0n) is 20.0. The van der Waals surface area contributed by atoms with Crippen LogP contribution in [0.25, 0.3) is 11.1 Å². The minimum atomic E-state index is -1.26. The van der Waals surface area contributed by atoms with E-state index >= 15 is 0 Å². The first-order valence-electron chi connectivity index (χ1n) is 11.4. The molecule has 3 aromatic carbocycles. The molecular formula is C28H32O6. The van der Waals surface area contributed by atoms with Crippen molar-refractivity contribution in [2.75, 3.05) is 27.4 Å². The summed E-state index contributed by atoms with van der Waals surface area (Å²) in [5, 5.41) is 9.59. The first kappa shape index (κ1) is 25.1. The Labute approximate surface area is 201 Å². The molecule has 3 aromatic rings. The molecule has 0 aliphatic carbocycles. The van der Waals surface area contributed by atoms with Gasteiger partial charge in [0.15, 0.2) is 17.1 Å². The summed E-state index contributed by atoms with van der Waals surface area (Å²) < 4.78 is 22.5. The highest BCUT2D eigenvalue weighted by molar-refractivity contribution is 5.78. The fourth-order valence-corrected chi connectivity index (χ4v) is 3.73. The van der Waals surface area contributed by atoms with Crippen molar-refractivity contribution < 1.29 is 28.8 Å². The summed E-state index contributed by atoms with van der Waals surface area (Å²) in [5.41, 5.74) is 1.87. The number of ether oxygens (including phenoxy) is 4. The lowest BCUT2D eigenvalue weighted by Crippen LogP contribution is -2.42. The zero-order chi connectivity index (χ0) is 24.4. The van der Waals surface area contributed by atoms with Gasteiger partial charge in [0.25, 0.3) is 0 Å². The van der Waals surface area contributed by atoms with Crippen molar-refractivity contribution in [3.8, 4) is 28.4 Å². The average molecular weight is 465 g/mol. The van der Waals surface area contributed by atoms with E-state index in [2.05, 4.69) is 24.3 Å². The second kappa shape index (κ2) is 12.1. The SMILES string of the molecule is CCC(Cc1ccc(OCCCOc2ccc(-c3ccccc3)cc2)c(OC)c1)(OC)C(=O)O. The predicted molar refractivity (Wildman–Crippen MR) is 132 cm³/mol. The Hall–Kier alpha value is -3.51. The highest BCUT2D eigenvalue weighted by Crippen LogP contribution is 2.31. The fourth-order valence-electron chi connectivity index (χ4n) is 3.73. The third kappa shape index (κ3) is 6.29. The van der Waals surface area contributed by atoms with E-state index < -0.39 is 11.6 Å². The maximum Gasteiger partial charge on any atom is 0.336 e. The predicted octanol–water partition coefficient (Wildman–Crippen LogP) is 5.63. The molecule has 0 heterocycles.